The number of hydrogen-bond acceptors (Lipinski definition) is 4. The van der Waals surface area contributed by atoms with Crippen LogP contribution in [-0.4, -0.2) is 49.8 Å². The van der Waals surface area contributed by atoms with Gasteiger partial charge in [0.05, 0.1) is 30.1 Å². The average molecular weight is 345 g/mol. The van der Waals surface area contributed by atoms with Crippen molar-refractivity contribution < 1.29 is 9.53 Å². The van der Waals surface area contributed by atoms with Gasteiger partial charge in [0, 0.05) is 32.0 Å². The highest BCUT2D eigenvalue weighted by atomic mass is 16.5. The molecule has 1 aliphatic rings. The molecule has 0 aromatic carbocycles. The summed E-state index contributed by atoms with van der Waals surface area (Å²) in [5.74, 6) is 0.904. The molecular formula is C18H27N5O2. The topological polar surface area (TPSA) is 65.2 Å². The summed E-state index contributed by atoms with van der Waals surface area (Å²) in [7, 11) is 1.96. The van der Waals surface area contributed by atoms with Crippen LogP contribution < -0.4 is 0 Å². The Kier molecular flexibility index (Phi) is 4.94. The van der Waals surface area contributed by atoms with Gasteiger partial charge in [-0.05, 0) is 27.2 Å². The Labute approximate surface area is 148 Å². The number of carbonyl (C=O) groups is 1. The van der Waals surface area contributed by atoms with Gasteiger partial charge in [-0.3, -0.25) is 9.48 Å². The number of rotatable bonds is 4. The molecule has 0 spiro atoms. The predicted octanol–water partition coefficient (Wildman–Crippen LogP) is 2.17. The minimum Gasteiger partial charge on any atom is -0.367 e. The van der Waals surface area contributed by atoms with Gasteiger partial charge in [0.2, 0.25) is 0 Å². The summed E-state index contributed by atoms with van der Waals surface area (Å²) in [6, 6.07) is 0. The molecule has 0 aliphatic carbocycles. The molecule has 0 radical (unpaired) electrons. The van der Waals surface area contributed by atoms with Crippen LogP contribution in [0.2, 0.25) is 0 Å². The molecule has 7 heteroatoms. The monoisotopic (exact) mass is 345 g/mol. The summed E-state index contributed by atoms with van der Waals surface area (Å²) in [6.45, 7) is 10.4. The van der Waals surface area contributed by atoms with Gasteiger partial charge in [-0.2, -0.15) is 5.10 Å². The van der Waals surface area contributed by atoms with Gasteiger partial charge in [-0.25, -0.2) is 4.98 Å². The summed E-state index contributed by atoms with van der Waals surface area (Å²) in [4.78, 5) is 19.5. The number of ether oxygens (including phenoxy) is 1. The smallest absolute Gasteiger partial charge is 0.257 e. The fourth-order valence-electron chi connectivity index (χ4n) is 3.52. The number of nitrogens with zero attached hydrogens (tertiary/aromatic N) is 5. The van der Waals surface area contributed by atoms with Crippen molar-refractivity contribution in [2.24, 2.45) is 7.05 Å². The highest BCUT2D eigenvalue weighted by Gasteiger charge is 2.31. The van der Waals surface area contributed by atoms with E-state index in [1.54, 1.807) is 0 Å². The van der Waals surface area contributed by atoms with Crippen LogP contribution in [0.4, 0.5) is 0 Å². The van der Waals surface area contributed by atoms with Crippen molar-refractivity contribution in [2.45, 2.75) is 46.8 Å². The normalized spacial score (nSPS) is 18.0. The highest BCUT2D eigenvalue weighted by molar-refractivity contribution is 5.96. The van der Waals surface area contributed by atoms with E-state index >= 15 is 0 Å². The Morgan fingerprint density at radius 3 is 2.76 bits per heavy atom. The van der Waals surface area contributed by atoms with E-state index in [1.165, 1.54) is 0 Å². The van der Waals surface area contributed by atoms with Gasteiger partial charge in [0.1, 0.15) is 11.9 Å². The maximum absolute atomic E-state index is 13.1. The molecule has 3 heterocycles. The number of hydrogen-bond donors (Lipinski definition) is 0. The molecule has 25 heavy (non-hydrogen) atoms. The maximum atomic E-state index is 13.1. The van der Waals surface area contributed by atoms with Crippen LogP contribution in [-0.2, 0) is 18.3 Å². The van der Waals surface area contributed by atoms with Crippen LogP contribution >= 0.6 is 0 Å². The molecule has 7 nitrogen and oxygen atoms in total. The van der Waals surface area contributed by atoms with Crippen molar-refractivity contribution in [3.63, 3.8) is 0 Å². The Morgan fingerprint density at radius 2 is 2.12 bits per heavy atom. The molecule has 3 rings (SSSR count). The first kappa shape index (κ1) is 17.7. The first-order chi connectivity index (χ1) is 11.9. The van der Waals surface area contributed by atoms with Gasteiger partial charge in [0.25, 0.3) is 5.91 Å². The largest absolute Gasteiger partial charge is 0.367 e. The third-order valence-electron chi connectivity index (χ3n) is 4.71. The minimum atomic E-state index is -0.192. The third kappa shape index (κ3) is 3.33. The molecule has 0 N–H and O–H groups in total. The number of imidazole rings is 1. The SMILES string of the molecule is CCCn1nc(C)c(C(=O)N2CCO[C@@H](c3nc(C)cn3C)C2)c1C. The highest BCUT2D eigenvalue weighted by Crippen LogP contribution is 2.24. The molecule has 136 valence electrons. The predicted molar refractivity (Wildman–Crippen MR) is 94.5 cm³/mol. The van der Waals surface area contributed by atoms with E-state index in [-0.39, 0.29) is 12.0 Å². The molecule has 1 atom stereocenters. The fraction of sp³-hybridized carbons (Fsp3) is 0.611. The molecule has 0 unspecified atom stereocenters. The molecule has 1 aliphatic heterocycles. The van der Waals surface area contributed by atoms with E-state index in [2.05, 4.69) is 17.0 Å². The van der Waals surface area contributed by atoms with Gasteiger partial charge in [0.15, 0.2) is 0 Å². The van der Waals surface area contributed by atoms with Crippen LogP contribution in [0.15, 0.2) is 6.20 Å². The van der Waals surface area contributed by atoms with Gasteiger partial charge in [-0.15, -0.1) is 0 Å². The molecule has 0 bridgehead atoms. The Balaban J connectivity index is 1.82. The number of amides is 1. The first-order valence-corrected chi connectivity index (χ1v) is 8.87. The van der Waals surface area contributed by atoms with E-state index in [9.17, 15) is 4.79 Å². The average Bonchev–Trinajstić information content (AvgIpc) is 3.06. The van der Waals surface area contributed by atoms with E-state index in [4.69, 9.17) is 4.74 Å². The second-order valence-corrected chi connectivity index (χ2v) is 6.73. The van der Waals surface area contributed by atoms with Crippen LogP contribution in [0, 0.1) is 20.8 Å². The summed E-state index contributed by atoms with van der Waals surface area (Å²) in [6.07, 6.45) is 2.78. The zero-order valence-corrected chi connectivity index (χ0v) is 15.7. The summed E-state index contributed by atoms with van der Waals surface area (Å²) < 4.78 is 9.79. The number of morpholine rings is 1. The zero-order valence-electron chi connectivity index (χ0n) is 15.7. The summed E-state index contributed by atoms with van der Waals surface area (Å²) in [5.41, 5.74) is 3.43. The second-order valence-electron chi connectivity index (χ2n) is 6.73. The maximum Gasteiger partial charge on any atom is 0.257 e. The van der Waals surface area contributed by atoms with Gasteiger partial charge < -0.3 is 14.2 Å². The Morgan fingerprint density at radius 1 is 1.36 bits per heavy atom. The third-order valence-corrected chi connectivity index (χ3v) is 4.71. The first-order valence-electron chi connectivity index (χ1n) is 8.87. The van der Waals surface area contributed by atoms with Crippen molar-refractivity contribution >= 4 is 5.91 Å². The molecule has 2 aromatic rings. The summed E-state index contributed by atoms with van der Waals surface area (Å²) in [5, 5.41) is 4.53. The molecule has 1 saturated heterocycles. The van der Waals surface area contributed by atoms with Crippen LogP contribution in [0.3, 0.4) is 0 Å². The van der Waals surface area contributed by atoms with Crippen LogP contribution in [0.1, 0.15) is 52.7 Å². The molecule has 2 aromatic heterocycles. The van der Waals surface area contributed by atoms with E-state index < -0.39 is 0 Å². The Hall–Kier alpha value is -2.15. The van der Waals surface area contributed by atoms with E-state index in [0.29, 0.717) is 19.7 Å². The lowest BCUT2D eigenvalue weighted by atomic mass is 10.1. The minimum absolute atomic E-state index is 0.0385. The van der Waals surface area contributed by atoms with Crippen molar-refractivity contribution in [3.8, 4) is 0 Å². The van der Waals surface area contributed by atoms with E-state index in [0.717, 1.165) is 41.4 Å². The lowest BCUT2D eigenvalue weighted by Crippen LogP contribution is -2.43. The lowest BCUT2D eigenvalue weighted by Gasteiger charge is -2.32. The van der Waals surface area contributed by atoms with Gasteiger partial charge >= 0.3 is 0 Å². The van der Waals surface area contributed by atoms with Crippen LogP contribution in [0.25, 0.3) is 0 Å². The van der Waals surface area contributed by atoms with Gasteiger partial charge in [-0.1, -0.05) is 6.92 Å². The standard InChI is InChI=1S/C18H27N5O2/c1-6-7-23-14(4)16(13(3)20-23)18(24)22-8-9-25-15(11-22)17-19-12(2)10-21(17)5/h10,15H,6-9,11H2,1-5H3/t15-/m1/s1. The second kappa shape index (κ2) is 7.00. The van der Waals surface area contributed by atoms with Crippen molar-refractivity contribution in [2.75, 3.05) is 19.7 Å². The molecule has 0 saturated carbocycles. The molecular weight excluding hydrogens is 318 g/mol. The molecule has 1 fully saturated rings. The quantitative estimate of drug-likeness (QED) is 0.852. The van der Waals surface area contributed by atoms with E-state index in [1.807, 2.05) is 48.2 Å². The van der Waals surface area contributed by atoms with Crippen molar-refractivity contribution in [1.82, 2.24) is 24.2 Å². The zero-order chi connectivity index (χ0) is 18.1. The summed E-state index contributed by atoms with van der Waals surface area (Å²) >= 11 is 0. The van der Waals surface area contributed by atoms with Crippen molar-refractivity contribution in [3.05, 3.63) is 34.7 Å². The van der Waals surface area contributed by atoms with Crippen molar-refractivity contribution in [1.29, 1.82) is 0 Å². The number of aryl methyl sites for hydroxylation is 4. The Bertz CT molecular complexity index is 777. The number of carbonyl (C=O) groups excluding carboxylic acids is 1. The lowest BCUT2D eigenvalue weighted by molar-refractivity contribution is -0.0280. The fourth-order valence-corrected chi connectivity index (χ4v) is 3.52. The van der Waals surface area contributed by atoms with Crippen LogP contribution in [0.5, 0.6) is 0 Å². The number of aromatic nitrogens is 4. The molecule has 1 amide bonds.